The zero-order valence-electron chi connectivity index (χ0n) is 20.6. The lowest BCUT2D eigenvalue weighted by Crippen LogP contribution is -2.40. The van der Waals surface area contributed by atoms with Crippen molar-refractivity contribution < 1.29 is 9.59 Å². The summed E-state index contributed by atoms with van der Waals surface area (Å²) >= 11 is 0. The highest BCUT2D eigenvalue weighted by molar-refractivity contribution is 5.90. The molecule has 0 saturated carbocycles. The van der Waals surface area contributed by atoms with Gasteiger partial charge in [-0.3, -0.25) is 19.6 Å². The van der Waals surface area contributed by atoms with Crippen LogP contribution in [0.3, 0.4) is 0 Å². The van der Waals surface area contributed by atoms with E-state index in [1.165, 1.54) is 5.56 Å². The van der Waals surface area contributed by atoms with Crippen LogP contribution in [-0.2, 0) is 22.4 Å². The standard InChI is InChI=1S/C29H34N4O2/c1-21(30-2)28(34)18-24(16-22-10-5-3-6-11-22)29(35)33-15-9-14-27(33)26-20-31-19-25(32-26)17-23-12-7-4-8-13-23/h3-8,10-13,19-21,24,27,30H,9,14-18H2,1-2H3/t21-,24+,27?/m0/s1. The van der Waals surface area contributed by atoms with Gasteiger partial charge in [0.1, 0.15) is 5.78 Å². The van der Waals surface area contributed by atoms with Crippen LogP contribution in [0.5, 0.6) is 0 Å². The van der Waals surface area contributed by atoms with E-state index in [4.69, 9.17) is 4.98 Å². The number of aromatic nitrogens is 2. The number of rotatable bonds is 10. The quantitative estimate of drug-likeness (QED) is 0.482. The fourth-order valence-corrected chi connectivity index (χ4v) is 4.77. The molecule has 1 amide bonds. The molecule has 35 heavy (non-hydrogen) atoms. The second-order valence-electron chi connectivity index (χ2n) is 9.35. The first-order valence-electron chi connectivity index (χ1n) is 12.4. The molecule has 0 spiro atoms. The Labute approximate surface area is 207 Å². The number of carbonyl (C=O) groups is 2. The van der Waals surface area contributed by atoms with Crippen molar-refractivity contribution in [3.05, 3.63) is 95.6 Å². The molecule has 0 bridgehead atoms. The van der Waals surface area contributed by atoms with Crippen LogP contribution in [0.2, 0.25) is 0 Å². The lowest BCUT2D eigenvalue weighted by atomic mass is 9.91. The summed E-state index contributed by atoms with van der Waals surface area (Å²) in [6.45, 7) is 2.52. The summed E-state index contributed by atoms with van der Waals surface area (Å²) in [7, 11) is 1.77. The molecule has 1 unspecified atom stereocenters. The molecule has 1 aliphatic heterocycles. The molecule has 0 radical (unpaired) electrons. The van der Waals surface area contributed by atoms with Crippen LogP contribution in [0.25, 0.3) is 0 Å². The summed E-state index contributed by atoms with van der Waals surface area (Å²) in [5.41, 5.74) is 3.97. The predicted octanol–water partition coefficient (Wildman–Crippen LogP) is 4.16. The van der Waals surface area contributed by atoms with Gasteiger partial charge >= 0.3 is 0 Å². The molecule has 1 aromatic heterocycles. The van der Waals surface area contributed by atoms with Crippen molar-refractivity contribution in [1.29, 1.82) is 0 Å². The van der Waals surface area contributed by atoms with E-state index in [1.807, 2.05) is 60.4 Å². The van der Waals surface area contributed by atoms with E-state index in [-0.39, 0.29) is 30.2 Å². The molecule has 3 atom stereocenters. The van der Waals surface area contributed by atoms with Crippen LogP contribution in [0.15, 0.2) is 73.1 Å². The van der Waals surface area contributed by atoms with Gasteiger partial charge in [0.25, 0.3) is 0 Å². The monoisotopic (exact) mass is 470 g/mol. The molecule has 6 heteroatoms. The van der Waals surface area contributed by atoms with Crippen molar-refractivity contribution in [2.45, 2.75) is 51.1 Å². The molecule has 1 N–H and O–H groups in total. The fraction of sp³-hybridized carbons (Fsp3) is 0.379. The van der Waals surface area contributed by atoms with E-state index in [1.54, 1.807) is 19.4 Å². The van der Waals surface area contributed by atoms with Crippen molar-refractivity contribution >= 4 is 11.7 Å². The van der Waals surface area contributed by atoms with E-state index in [0.29, 0.717) is 19.4 Å². The molecule has 182 valence electrons. The Morgan fingerprint density at radius 3 is 2.40 bits per heavy atom. The van der Waals surface area contributed by atoms with Gasteiger partial charge in [0.15, 0.2) is 0 Å². The number of ketones is 1. The number of hydrogen-bond donors (Lipinski definition) is 1. The number of likely N-dealkylation sites (N-methyl/N-ethyl adjacent to an activating group) is 1. The third kappa shape index (κ3) is 6.40. The highest BCUT2D eigenvalue weighted by Gasteiger charge is 2.36. The van der Waals surface area contributed by atoms with Crippen molar-refractivity contribution in [1.82, 2.24) is 20.2 Å². The lowest BCUT2D eigenvalue weighted by molar-refractivity contribution is -0.139. The van der Waals surface area contributed by atoms with Gasteiger partial charge in [-0.2, -0.15) is 0 Å². The summed E-state index contributed by atoms with van der Waals surface area (Å²) in [4.78, 5) is 37.9. The van der Waals surface area contributed by atoms with Gasteiger partial charge < -0.3 is 10.2 Å². The maximum absolute atomic E-state index is 13.9. The first-order chi connectivity index (χ1) is 17.0. The molecule has 1 aliphatic rings. The molecule has 1 fully saturated rings. The summed E-state index contributed by atoms with van der Waals surface area (Å²) in [5, 5.41) is 3.01. The molecule has 2 heterocycles. The van der Waals surface area contributed by atoms with E-state index < -0.39 is 5.92 Å². The van der Waals surface area contributed by atoms with E-state index >= 15 is 0 Å². The van der Waals surface area contributed by atoms with Gasteiger partial charge in [0.05, 0.1) is 29.7 Å². The van der Waals surface area contributed by atoms with Crippen molar-refractivity contribution in [2.24, 2.45) is 5.92 Å². The fourth-order valence-electron chi connectivity index (χ4n) is 4.77. The minimum atomic E-state index is -0.401. The summed E-state index contributed by atoms with van der Waals surface area (Å²) in [6, 6.07) is 19.8. The summed E-state index contributed by atoms with van der Waals surface area (Å²) in [6.07, 6.45) is 6.83. The van der Waals surface area contributed by atoms with Gasteiger partial charge in [-0.15, -0.1) is 0 Å². The van der Waals surface area contributed by atoms with Crippen molar-refractivity contribution in [2.75, 3.05) is 13.6 Å². The number of hydrogen-bond acceptors (Lipinski definition) is 5. The maximum Gasteiger partial charge on any atom is 0.227 e. The Bertz CT molecular complexity index is 1120. The topological polar surface area (TPSA) is 75.2 Å². The number of likely N-dealkylation sites (tertiary alicyclic amines) is 1. The van der Waals surface area contributed by atoms with E-state index in [2.05, 4.69) is 22.4 Å². The van der Waals surface area contributed by atoms with Crippen molar-refractivity contribution in [3.8, 4) is 0 Å². The normalized spacial score (nSPS) is 17.2. The molecular weight excluding hydrogens is 436 g/mol. The van der Waals surface area contributed by atoms with E-state index in [0.717, 1.165) is 29.8 Å². The second-order valence-corrected chi connectivity index (χ2v) is 9.35. The third-order valence-corrected chi connectivity index (χ3v) is 6.85. The largest absolute Gasteiger partial charge is 0.334 e. The Kier molecular flexibility index (Phi) is 8.37. The Morgan fingerprint density at radius 1 is 1.03 bits per heavy atom. The molecule has 0 aliphatic carbocycles. The minimum Gasteiger partial charge on any atom is -0.334 e. The lowest BCUT2D eigenvalue weighted by Gasteiger charge is -2.29. The highest BCUT2D eigenvalue weighted by atomic mass is 16.2. The third-order valence-electron chi connectivity index (χ3n) is 6.85. The summed E-state index contributed by atoms with van der Waals surface area (Å²) in [5.74, 6) is -0.313. The van der Waals surface area contributed by atoms with Crippen LogP contribution < -0.4 is 5.32 Å². The zero-order chi connectivity index (χ0) is 24.6. The van der Waals surface area contributed by atoms with Gasteiger partial charge in [-0.05, 0) is 44.4 Å². The second kappa shape index (κ2) is 11.8. The average molecular weight is 471 g/mol. The number of amides is 1. The molecule has 2 aromatic carbocycles. The van der Waals surface area contributed by atoms with E-state index in [9.17, 15) is 9.59 Å². The van der Waals surface area contributed by atoms with Gasteiger partial charge in [0.2, 0.25) is 5.91 Å². The highest BCUT2D eigenvalue weighted by Crippen LogP contribution is 2.33. The summed E-state index contributed by atoms with van der Waals surface area (Å²) < 4.78 is 0. The molecular formula is C29H34N4O2. The van der Waals surface area contributed by atoms with Crippen LogP contribution in [0.1, 0.15) is 54.7 Å². The van der Waals surface area contributed by atoms with Gasteiger partial charge in [0, 0.05) is 31.5 Å². The number of benzene rings is 2. The first kappa shape index (κ1) is 24.7. The Morgan fingerprint density at radius 2 is 1.71 bits per heavy atom. The molecule has 6 nitrogen and oxygen atoms in total. The zero-order valence-corrected chi connectivity index (χ0v) is 20.6. The smallest absolute Gasteiger partial charge is 0.227 e. The molecule has 1 saturated heterocycles. The average Bonchev–Trinajstić information content (AvgIpc) is 3.39. The van der Waals surface area contributed by atoms with Gasteiger partial charge in [-0.25, -0.2) is 0 Å². The van der Waals surface area contributed by atoms with Gasteiger partial charge in [-0.1, -0.05) is 60.7 Å². The number of Topliss-reactive ketones (excluding diaryl/α,β-unsaturated/α-hetero) is 1. The SMILES string of the molecule is CN[C@@H](C)C(=O)C[C@@H](Cc1ccccc1)C(=O)N1CCCC1c1cncc(Cc2ccccc2)n1. The minimum absolute atomic E-state index is 0.0308. The first-order valence-corrected chi connectivity index (χ1v) is 12.4. The van der Waals surface area contributed by atoms with Crippen LogP contribution in [-0.4, -0.2) is 46.2 Å². The van der Waals surface area contributed by atoms with Crippen LogP contribution in [0, 0.1) is 5.92 Å². The predicted molar refractivity (Wildman–Crippen MR) is 137 cm³/mol. The Balaban J connectivity index is 1.54. The molecule has 4 rings (SSSR count). The van der Waals surface area contributed by atoms with Crippen LogP contribution >= 0.6 is 0 Å². The van der Waals surface area contributed by atoms with Crippen LogP contribution in [0.4, 0.5) is 0 Å². The number of nitrogens with one attached hydrogen (secondary N) is 1. The van der Waals surface area contributed by atoms with Crippen molar-refractivity contribution in [3.63, 3.8) is 0 Å². The number of nitrogens with zero attached hydrogens (tertiary/aromatic N) is 3. The Hall–Kier alpha value is -3.38. The number of carbonyl (C=O) groups excluding carboxylic acids is 2. The molecule has 3 aromatic rings. The maximum atomic E-state index is 13.9.